The van der Waals surface area contributed by atoms with E-state index in [1.807, 2.05) is 0 Å². The fraction of sp³-hybridized carbons (Fsp3) is 0.562. The summed E-state index contributed by atoms with van der Waals surface area (Å²) in [7, 11) is 0. The van der Waals surface area contributed by atoms with E-state index in [1.54, 1.807) is 0 Å². The quantitative estimate of drug-likeness (QED) is 0.652. The van der Waals surface area contributed by atoms with Crippen LogP contribution in [0.4, 0.5) is 0 Å². The topological polar surface area (TPSA) is 35.8 Å². The first-order chi connectivity index (χ1) is 9.26. The molecule has 2 saturated heterocycles. The molecule has 2 bridgehead atoms. The molecular formula is C16H22N2O. The molecule has 2 atom stereocenters. The Labute approximate surface area is 114 Å². The minimum atomic E-state index is 0.569. The molecule has 0 spiro atoms. The lowest BCUT2D eigenvalue weighted by atomic mass is 9.83. The highest BCUT2D eigenvalue weighted by molar-refractivity contribution is 5.85. The van der Waals surface area contributed by atoms with Gasteiger partial charge in [-0.25, -0.2) is 0 Å². The second-order valence-corrected chi connectivity index (χ2v) is 5.97. The molecule has 3 rings (SSSR count). The Kier molecular flexibility index (Phi) is 3.56. The Balaban J connectivity index is 1.75. The SMILES string of the molecule is Cc1ccc(CN2C3CCCC2CC(=NO)C3)cc1. The van der Waals surface area contributed by atoms with E-state index in [0.717, 1.165) is 25.1 Å². The van der Waals surface area contributed by atoms with Gasteiger partial charge in [0.05, 0.1) is 5.71 Å². The van der Waals surface area contributed by atoms with Crippen molar-refractivity contribution >= 4 is 5.71 Å². The van der Waals surface area contributed by atoms with Crippen molar-refractivity contribution in [2.75, 3.05) is 0 Å². The van der Waals surface area contributed by atoms with Crippen LogP contribution in [0.25, 0.3) is 0 Å². The molecule has 102 valence electrons. The Morgan fingerprint density at radius 1 is 1.16 bits per heavy atom. The van der Waals surface area contributed by atoms with Crippen LogP contribution in [0.2, 0.25) is 0 Å². The average molecular weight is 258 g/mol. The zero-order valence-corrected chi connectivity index (χ0v) is 11.5. The number of rotatable bonds is 2. The van der Waals surface area contributed by atoms with Crippen LogP contribution in [0.1, 0.15) is 43.2 Å². The van der Waals surface area contributed by atoms with Crippen molar-refractivity contribution in [3.05, 3.63) is 35.4 Å². The van der Waals surface area contributed by atoms with Crippen LogP contribution in [-0.4, -0.2) is 27.9 Å². The van der Waals surface area contributed by atoms with Gasteiger partial charge in [0.15, 0.2) is 0 Å². The average Bonchev–Trinajstić information content (AvgIpc) is 2.41. The van der Waals surface area contributed by atoms with Crippen LogP contribution in [0.15, 0.2) is 29.4 Å². The van der Waals surface area contributed by atoms with E-state index < -0.39 is 0 Å². The summed E-state index contributed by atoms with van der Waals surface area (Å²) in [6.45, 7) is 3.16. The third-order valence-corrected chi connectivity index (χ3v) is 4.58. The number of oxime groups is 1. The second-order valence-electron chi connectivity index (χ2n) is 5.97. The largest absolute Gasteiger partial charge is 0.411 e. The summed E-state index contributed by atoms with van der Waals surface area (Å²) in [5.74, 6) is 0. The molecule has 2 fully saturated rings. The highest BCUT2D eigenvalue weighted by atomic mass is 16.4. The minimum Gasteiger partial charge on any atom is -0.411 e. The van der Waals surface area contributed by atoms with Gasteiger partial charge >= 0.3 is 0 Å². The van der Waals surface area contributed by atoms with Crippen LogP contribution in [0.5, 0.6) is 0 Å². The van der Waals surface area contributed by atoms with Gasteiger partial charge in [-0.1, -0.05) is 41.4 Å². The summed E-state index contributed by atoms with van der Waals surface area (Å²) in [5, 5.41) is 12.5. The van der Waals surface area contributed by atoms with Gasteiger partial charge in [-0.3, -0.25) is 4.90 Å². The molecule has 19 heavy (non-hydrogen) atoms. The van der Waals surface area contributed by atoms with Gasteiger partial charge in [-0.15, -0.1) is 0 Å². The summed E-state index contributed by atoms with van der Waals surface area (Å²) >= 11 is 0. The monoisotopic (exact) mass is 258 g/mol. The predicted molar refractivity (Wildman–Crippen MR) is 76.6 cm³/mol. The summed E-state index contributed by atoms with van der Waals surface area (Å²) in [6.07, 6.45) is 5.68. The molecule has 3 nitrogen and oxygen atoms in total. The van der Waals surface area contributed by atoms with Crippen molar-refractivity contribution in [3.63, 3.8) is 0 Å². The normalized spacial score (nSPS) is 27.3. The molecule has 2 aliphatic rings. The van der Waals surface area contributed by atoms with Crippen LogP contribution in [0, 0.1) is 6.92 Å². The molecule has 2 aliphatic heterocycles. The smallest absolute Gasteiger partial charge is 0.0601 e. The predicted octanol–water partition coefficient (Wildman–Crippen LogP) is 3.34. The fourth-order valence-electron chi connectivity index (χ4n) is 3.53. The number of hydrogen-bond acceptors (Lipinski definition) is 3. The maximum Gasteiger partial charge on any atom is 0.0601 e. The van der Waals surface area contributed by atoms with Crippen LogP contribution >= 0.6 is 0 Å². The highest BCUT2D eigenvalue weighted by Crippen LogP contribution is 2.33. The van der Waals surface area contributed by atoms with Crippen molar-refractivity contribution in [1.82, 2.24) is 4.90 Å². The first-order valence-corrected chi connectivity index (χ1v) is 7.27. The molecule has 1 aromatic rings. The standard InChI is InChI=1S/C16H22N2O/c1-12-5-7-13(8-6-12)11-18-15-3-2-4-16(18)10-14(9-15)17-19/h5-8,15-16,19H,2-4,9-11H2,1H3. The first kappa shape index (κ1) is 12.7. The molecule has 0 radical (unpaired) electrons. The molecule has 0 aromatic heterocycles. The third-order valence-electron chi connectivity index (χ3n) is 4.58. The lowest BCUT2D eigenvalue weighted by Gasteiger charge is -2.46. The number of hydrogen-bond donors (Lipinski definition) is 1. The Morgan fingerprint density at radius 3 is 2.37 bits per heavy atom. The van der Waals surface area contributed by atoms with Crippen LogP contribution < -0.4 is 0 Å². The minimum absolute atomic E-state index is 0.569. The maximum absolute atomic E-state index is 9.02. The molecule has 0 aliphatic carbocycles. The first-order valence-electron chi connectivity index (χ1n) is 7.27. The Bertz CT molecular complexity index is 450. The van der Waals surface area contributed by atoms with Crippen LogP contribution in [0.3, 0.4) is 0 Å². The van der Waals surface area contributed by atoms with Gasteiger partial charge in [-0.2, -0.15) is 0 Å². The number of piperidine rings is 2. The van der Waals surface area contributed by atoms with E-state index in [9.17, 15) is 0 Å². The van der Waals surface area contributed by atoms with E-state index in [-0.39, 0.29) is 0 Å². The zero-order valence-electron chi connectivity index (χ0n) is 11.5. The highest BCUT2D eigenvalue weighted by Gasteiger charge is 2.36. The molecule has 2 unspecified atom stereocenters. The molecular weight excluding hydrogens is 236 g/mol. The summed E-state index contributed by atoms with van der Waals surface area (Å²) < 4.78 is 0. The second kappa shape index (κ2) is 5.33. The lowest BCUT2D eigenvalue weighted by molar-refractivity contribution is 0.0668. The molecule has 0 saturated carbocycles. The van der Waals surface area contributed by atoms with E-state index in [2.05, 4.69) is 41.2 Å². The van der Waals surface area contributed by atoms with Crippen molar-refractivity contribution in [3.8, 4) is 0 Å². The van der Waals surface area contributed by atoms with Gasteiger partial charge in [-0.05, 0) is 25.3 Å². The van der Waals surface area contributed by atoms with Gasteiger partial charge < -0.3 is 5.21 Å². The van der Waals surface area contributed by atoms with Gasteiger partial charge in [0.25, 0.3) is 0 Å². The van der Waals surface area contributed by atoms with Crippen molar-refractivity contribution in [2.24, 2.45) is 5.16 Å². The number of fused-ring (bicyclic) bond motifs is 2. The molecule has 1 aromatic carbocycles. The number of nitrogens with zero attached hydrogens (tertiary/aromatic N) is 2. The number of benzene rings is 1. The van der Waals surface area contributed by atoms with Gasteiger partial charge in [0.1, 0.15) is 0 Å². The van der Waals surface area contributed by atoms with E-state index >= 15 is 0 Å². The van der Waals surface area contributed by atoms with Crippen molar-refractivity contribution in [2.45, 2.75) is 57.7 Å². The Morgan fingerprint density at radius 2 is 1.79 bits per heavy atom. The molecule has 0 amide bonds. The van der Waals surface area contributed by atoms with E-state index in [1.165, 1.54) is 30.4 Å². The molecule has 3 heteroatoms. The van der Waals surface area contributed by atoms with Crippen molar-refractivity contribution in [1.29, 1.82) is 0 Å². The van der Waals surface area contributed by atoms with Crippen LogP contribution in [-0.2, 0) is 6.54 Å². The van der Waals surface area contributed by atoms with Crippen molar-refractivity contribution < 1.29 is 5.21 Å². The Hall–Kier alpha value is -1.35. The van der Waals surface area contributed by atoms with Gasteiger partial charge in [0.2, 0.25) is 0 Å². The number of aryl methyl sites for hydroxylation is 1. The summed E-state index contributed by atoms with van der Waals surface area (Å²) in [4.78, 5) is 2.63. The zero-order chi connectivity index (χ0) is 13.2. The molecule has 1 N–H and O–H groups in total. The lowest BCUT2D eigenvalue weighted by Crippen LogP contribution is -2.51. The molecule has 2 heterocycles. The van der Waals surface area contributed by atoms with E-state index in [0.29, 0.717) is 12.1 Å². The third kappa shape index (κ3) is 2.66. The fourth-order valence-corrected chi connectivity index (χ4v) is 3.53. The van der Waals surface area contributed by atoms with Gasteiger partial charge in [0, 0.05) is 31.5 Å². The summed E-state index contributed by atoms with van der Waals surface area (Å²) in [6, 6.07) is 9.99. The van der Waals surface area contributed by atoms with E-state index in [4.69, 9.17) is 5.21 Å². The summed E-state index contributed by atoms with van der Waals surface area (Å²) in [5.41, 5.74) is 3.71. The maximum atomic E-state index is 9.02.